The van der Waals surface area contributed by atoms with Crippen LogP contribution in [0.25, 0.3) is 10.9 Å². The van der Waals surface area contributed by atoms with Gasteiger partial charge in [-0.3, -0.25) is 0 Å². The van der Waals surface area contributed by atoms with Gasteiger partial charge in [-0.15, -0.1) is 0 Å². The number of halogens is 1. The summed E-state index contributed by atoms with van der Waals surface area (Å²) in [5, 5.41) is 12.5. The average Bonchev–Trinajstić information content (AvgIpc) is 2.46. The molecular formula is C8H3FN2O. The summed E-state index contributed by atoms with van der Waals surface area (Å²) in [6, 6.07) is 5.75. The first-order valence-corrected chi connectivity index (χ1v) is 3.26. The van der Waals surface area contributed by atoms with Gasteiger partial charge in [0.15, 0.2) is 0 Å². The summed E-state index contributed by atoms with van der Waals surface area (Å²) in [7, 11) is 0. The highest BCUT2D eigenvalue weighted by Crippen LogP contribution is 2.17. The molecule has 0 aliphatic rings. The van der Waals surface area contributed by atoms with Crippen LogP contribution in [-0.4, -0.2) is 5.16 Å². The second-order valence-electron chi connectivity index (χ2n) is 2.28. The highest BCUT2D eigenvalue weighted by Gasteiger charge is 2.07. The summed E-state index contributed by atoms with van der Waals surface area (Å²) in [5.41, 5.74) is 0.493. The first-order chi connectivity index (χ1) is 5.81. The van der Waals surface area contributed by atoms with Gasteiger partial charge in [0, 0.05) is 0 Å². The highest BCUT2D eigenvalue weighted by atomic mass is 19.1. The highest BCUT2D eigenvalue weighted by molar-refractivity contribution is 5.82. The van der Waals surface area contributed by atoms with Crippen molar-refractivity contribution in [2.24, 2.45) is 0 Å². The molecular weight excluding hydrogens is 159 g/mol. The Balaban J connectivity index is 2.86. The maximum atomic E-state index is 12.7. The molecule has 0 unspecified atom stereocenters. The molecule has 0 N–H and O–H groups in total. The van der Waals surface area contributed by atoms with Crippen LogP contribution in [0.2, 0.25) is 0 Å². The van der Waals surface area contributed by atoms with E-state index in [0.717, 1.165) is 0 Å². The topological polar surface area (TPSA) is 49.8 Å². The Morgan fingerprint density at radius 3 is 3.08 bits per heavy atom. The number of rotatable bonds is 0. The lowest BCUT2D eigenvalue weighted by atomic mass is 10.2. The predicted molar refractivity (Wildman–Crippen MR) is 38.7 cm³/mol. The summed E-state index contributed by atoms with van der Waals surface area (Å²) in [4.78, 5) is 0. The lowest BCUT2D eigenvalue weighted by Gasteiger charge is -1.85. The minimum atomic E-state index is -0.401. The van der Waals surface area contributed by atoms with Crippen LogP contribution in [0.5, 0.6) is 0 Å². The Kier molecular flexibility index (Phi) is 1.31. The summed E-state index contributed by atoms with van der Waals surface area (Å²) >= 11 is 0. The fraction of sp³-hybridized carbons (Fsp3) is 0. The van der Waals surface area contributed by atoms with Crippen molar-refractivity contribution in [1.82, 2.24) is 5.16 Å². The molecule has 0 radical (unpaired) electrons. The third-order valence-electron chi connectivity index (χ3n) is 1.54. The van der Waals surface area contributed by atoms with Crippen molar-refractivity contribution in [2.75, 3.05) is 0 Å². The summed E-state index contributed by atoms with van der Waals surface area (Å²) in [5.74, 6) is -0.355. The fourth-order valence-corrected chi connectivity index (χ4v) is 0.994. The van der Waals surface area contributed by atoms with Crippen LogP contribution in [0.1, 0.15) is 5.76 Å². The summed E-state index contributed by atoms with van der Waals surface area (Å²) in [6.07, 6.45) is 0. The minimum absolute atomic E-state index is 0.0458. The van der Waals surface area contributed by atoms with Gasteiger partial charge in [-0.25, -0.2) is 4.39 Å². The van der Waals surface area contributed by atoms with E-state index < -0.39 is 5.82 Å². The van der Waals surface area contributed by atoms with E-state index in [1.165, 1.54) is 18.2 Å². The van der Waals surface area contributed by atoms with Gasteiger partial charge in [-0.2, -0.15) is 5.26 Å². The largest absolute Gasteiger partial charge is 0.344 e. The van der Waals surface area contributed by atoms with E-state index in [9.17, 15) is 4.39 Å². The van der Waals surface area contributed by atoms with Gasteiger partial charge in [-0.1, -0.05) is 5.16 Å². The van der Waals surface area contributed by atoms with E-state index in [2.05, 4.69) is 9.68 Å². The zero-order chi connectivity index (χ0) is 8.55. The molecule has 0 saturated carbocycles. The molecule has 0 spiro atoms. The van der Waals surface area contributed by atoms with Crippen molar-refractivity contribution in [3.63, 3.8) is 0 Å². The molecule has 0 aliphatic carbocycles. The van der Waals surface area contributed by atoms with Crippen LogP contribution in [0.3, 0.4) is 0 Å². The first kappa shape index (κ1) is 6.80. The zero-order valence-electron chi connectivity index (χ0n) is 5.91. The average molecular weight is 162 g/mol. The number of hydrogen-bond donors (Lipinski definition) is 0. The normalized spacial score (nSPS) is 10.0. The van der Waals surface area contributed by atoms with Gasteiger partial charge in [0.1, 0.15) is 17.4 Å². The van der Waals surface area contributed by atoms with Crippen molar-refractivity contribution < 1.29 is 8.91 Å². The Hall–Kier alpha value is -1.89. The van der Waals surface area contributed by atoms with Gasteiger partial charge < -0.3 is 4.52 Å². The molecule has 3 nitrogen and oxygen atoms in total. The SMILES string of the molecule is N#Cc1onc2ccc(F)cc12. The first-order valence-electron chi connectivity index (χ1n) is 3.26. The molecule has 58 valence electrons. The second kappa shape index (κ2) is 2.31. The molecule has 2 rings (SSSR count). The Labute approximate surface area is 67.0 Å². The molecule has 0 aliphatic heterocycles. The van der Waals surface area contributed by atoms with Crippen molar-refractivity contribution in [3.05, 3.63) is 29.8 Å². The maximum Gasteiger partial charge on any atom is 0.244 e. The number of nitrogens with zero attached hydrogens (tertiary/aromatic N) is 2. The Morgan fingerprint density at radius 2 is 2.33 bits per heavy atom. The molecule has 1 aromatic heterocycles. The molecule has 4 heteroatoms. The molecule has 12 heavy (non-hydrogen) atoms. The minimum Gasteiger partial charge on any atom is -0.344 e. The Bertz CT molecular complexity index is 469. The van der Waals surface area contributed by atoms with Gasteiger partial charge in [0.05, 0.1) is 5.39 Å². The van der Waals surface area contributed by atoms with E-state index in [1.807, 2.05) is 0 Å². The predicted octanol–water partition coefficient (Wildman–Crippen LogP) is 1.84. The van der Waals surface area contributed by atoms with Gasteiger partial charge >= 0.3 is 0 Å². The molecule has 0 saturated heterocycles. The standard InChI is InChI=1S/C8H3FN2O/c9-5-1-2-7-6(3-5)8(4-10)12-11-7/h1-3H. The van der Waals surface area contributed by atoms with Crippen LogP contribution in [-0.2, 0) is 0 Å². The van der Waals surface area contributed by atoms with Crippen LogP contribution < -0.4 is 0 Å². The van der Waals surface area contributed by atoms with Crippen LogP contribution in [0.15, 0.2) is 22.7 Å². The zero-order valence-corrected chi connectivity index (χ0v) is 5.91. The number of aromatic nitrogens is 1. The van der Waals surface area contributed by atoms with Gasteiger partial charge in [0.2, 0.25) is 5.76 Å². The monoisotopic (exact) mass is 162 g/mol. The van der Waals surface area contributed by atoms with Crippen LogP contribution >= 0.6 is 0 Å². The summed E-state index contributed by atoms with van der Waals surface area (Å²) < 4.78 is 17.3. The molecule has 1 aromatic carbocycles. The third kappa shape index (κ3) is 0.839. The van der Waals surface area contributed by atoms with Crippen LogP contribution in [0.4, 0.5) is 4.39 Å². The van der Waals surface area contributed by atoms with Crippen molar-refractivity contribution in [3.8, 4) is 6.07 Å². The number of benzene rings is 1. The molecule has 0 atom stereocenters. The van der Waals surface area contributed by atoms with E-state index in [0.29, 0.717) is 10.9 Å². The van der Waals surface area contributed by atoms with Gasteiger partial charge in [0.25, 0.3) is 0 Å². The second-order valence-corrected chi connectivity index (χ2v) is 2.28. The number of nitriles is 1. The van der Waals surface area contributed by atoms with E-state index >= 15 is 0 Å². The molecule has 2 aromatic rings. The van der Waals surface area contributed by atoms with E-state index in [-0.39, 0.29) is 5.76 Å². The van der Waals surface area contributed by atoms with Crippen molar-refractivity contribution >= 4 is 10.9 Å². The smallest absolute Gasteiger partial charge is 0.244 e. The van der Waals surface area contributed by atoms with E-state index in [1.54, 1.807) is 6.07 Å². The molecule has 1 heterocycles. The maximum absolute atomic E-state index is 12.7. The van der Waals surface area contributed by atoms with Gasteiger partial charge in [-0.05, 0) is 18.2 Å². The lowest BCUT2D eigenvalue weighted by Crippen LogP contribution is -1.73. The number of hydrogen-bond acceptors (Lipinski definition) is 3. The fourth-order valence-electron chi connectivity index (χ4n) is 0.994. The Morgan fingerprint density at radius 1 is 1.50 bits per heavy atom. The molecule has 0 amide bonds. The van der Waals surface area contributed by atoms with E-state index in [4.69, 9.17) is 5.26 Å². The van der Waals surface area contributed by atoms with Crippen molar-refractivity contribution in [2.45, 2.75) is 0 Å². The van der Waals surface area contributed by atoms with Crippen molar-refractivity contribution in [1.29, 1.82) is 5.26 Å². The quantitative estimate of drug-likeness (QED) is 0.593. The molecule has 0 bridgehead atoms. The number of fused-ring (bicyclic) bond motifs is 1. The third-order valence-corrected chi connectivity index (χ3v) is 1.54. The van der Waals surface area contributed by atoms with Crippen LogP contribution in [0, 0.1) is 17.1 Å². The molecule has 0 fully saturated rings. The summed E-state index contributed by atoms with van der Waals surface area (Å²) in [6.45, 7) is 0. The lowest BCUT2D eigenvalue weighted by molar-refractivity contribution is 0.418.